The van der Waals surface area contributed by atoms with Gasteiger partial charge in [0.1, 0.15) is 5.60 Å². The molecular formula is C61H51N2O4Zr-. The molecule has 2 unspecified atom stereocenters. The zero-order valence-corrected chi connectivity index (χ0v) is 40.5. The Labute approximate surface area is 419 Å². The molecule has 6 nitrogen and oxygen atoms in total. The minimum atomic E-state index is -1.10. The average molecular weight is 967 g/mol. The summed E-state index contributed by atoms with van der Waals surface area (Å²) in [5, 5.41) is 15.3. The van der Waals surface area contributed by atoms with E-state index in [1.807, 2.05) is 73.7 Å². The number of aromatic nitrogens is 1. The van der Waals surface area contributed by atoms with E-state index in [2.05, 4.69) is 115 Å². The van der Waals surface area contributed by atoms with Gasteiger partial charge in [-0.05, 0) is 65.9 Å². The van der Waals surface area contributed by atoms with E-state index in [1.54, 1.807) is 91.7 Å². The fraction of sp³-hybridized carbons (Fsp3) is 0.0820. The van der Waals surface area contributed by atoms with Crippen molar-refractivity contribution in [2.75, 3.05) is 5.32 Å². The molecule has 1 heterocycles. The predicted octanol–water partition coefficient (Wildman–Crippen LogP) is 13.1. The average Bonchev–Trinajstić information content (AvgIpc) is 3.41. The summed E-state index contributed by atoms with van der Waals surface area (Å²) < 4.78 is 0. The monoisotopic (exact) mass is 965 g/mol. The number of pyridine rings is 1. The van der Waals surface area contributed by atoms with Crippen molar-refractivity contribution in [2.24, 2.45) is 0 Å². The Morgan fingerprint density at radius 3 is 1.19 bits per heavy atom. The van der Waals surface area contributed by atoms with Gasteiger partial charge in [-0.25, -0.2) is 0 Å². The maximum atomic E-state index is 11.5. The predicted molar refractivity (Wildman–Crippen MR) is 272 cm³/mol. The number of anilines is 1. The van der Waals surface area contributed by atoms with Crippen LogP contribution in [-0.4, -0.2) is 28.9 Å². The number of rotatable bonds is 12. The van der Waals surface area contributed by atoms with E-state index in [1.165, 1.54) is 5.56 Å². The van der Waals surface area contributed by atoms with Crippen molar-refractivity contribution in [3.05, 3.63) is 276 Å². The fourth-order valence-corrected chi connectivity index (χ4v) is 7.17. The first kappa shape index (κ1) is 51.5. The molecule has 0 spiro atoms. The second-order valence-electron chi connectivity index (χ2n) is 15.7. The van der Waals surface area contributed by atoms with Gasteiger partial charge in [-0.3, -0.25) is 4.98 Å². The summed E-state index contributed by atoms with van der Waals surface area (Å²) in [7, 11) is 0. The van der Waals surface area contributed by atoms with E-state index < -0.39 is 5.60 Å². The van der Waals surface area contributed by atoms with Crippen LogP contribution >= 0.6 is 0 Å². The van der Waals surface area contributed by atoms with E-state index >= 15 is 0 Å². The number of nitrogens with zero attached hydrogens (tertiary/aromatic N) is 1. The molecule has 9 rings (SSSR count). The molecule has 0 saturated carbocycles. The van der Waals surface area contributed by atoms with Gasteiger partial charge in [0.05, 0.1) is 42.0 Å². The standard InChI is InChI=1S/C40H36N2O.3C7H5O.Zr/c1-29(37-24-15-25-38(42-37)40(2,43)28-30-16-7-3-8-17-30)41-39-35(32-20-11-5-12-21-32)26-34(31-18-9-4-10-19-31)27-36(39)33-22-13-6-14-23-33;3*8-6-7-4-2-1-3-5-7;/h3-27,29,41,43H,28H2,1-2H3;3*1-5H;/q;3*-1;+2. The molecule has 1 aromatic heterocycles. The second-order valence-corrected chi connectivity index (χ2v) is 15.7. The summed E-state index contributed by atoms with van der Waals surface area (Å²) in [5.74, 6) is 0. The van der Waals surface area contributed by atoms with Crippen molar-refractivity contribution in [3.63, 3.8) is 0 Å². The van der Waals surface area contributed by atoms with Crippen LogP contribution in [0.1, 0.15) is 53.5 Å². The smallest absolute Gasteiger partial charge is 0.383 e. The fourth-order valence-electron chi connectivity index (χ4n) is 7.17. The van der Waals surface area contributed by atoms with Crippen molar-refractivity contribution >= 4 is 24.5 Å². The zero-order chi connectivity index (χ0) is 47.1. The topological polar surface area (TPSA) is 96.4 Å². The zero-order valence-electron chi connectivity index (χ0n) is 38.0. The van der Waals surface area contributed by atoms with Crippen LogP contribution in [0.4, 0.5) is 5.69 Å². The van der Waals surface area contributed by atoms with Gasteiger partial charge in [-0.1, -0.05) is 146 Å². The summed E-state index contributed by atoms with van der Waals surface area (Å²) in [6.45, 7) is 3.97. The molecule has 0 amide bonds. The van der Waals surface area contributed by atoms with Crippen LogP contribution in [0.15, 0.2) is 243 Å². The Balaban J connectivity index is 0.000000278. The third-order valence-electron chi connectivity index (χ3n) is 10.6. The second kappa shape index (κ2) is 27.3. The Bertz CT molecular complexity index is 2700. The molecule has 0 bridgehead atoms. The maximum Gasteiger partial charge on any atom is 2.00 e. The first-order chi connectivity index (χ1) is 32.8. The maximum absolute atomic E-state index is 11.5. The molecule has 334 valence electrons. The third kappa shape index (κ3) is 15.6. The molecule has 7 heteroatoms. The molecule has 0 fully saturated rings. The van der Waals surface area contributed by atoms with Crippen LogP contribution in [0, 0.1) is 0 Å². The number of nitrogens with one attached hydrogen (secondary N) is 1. The number of hydrogen-bond acceptors (Lipinski definition) is 6. The van der Waals surface area contributed by atoms with Crippen molar-refractivity contribution in [3.8, 4) is 33.4 Å². The van der Waals surface area contributed by atoms with Gasteiger partial charge in [0.15, 0.2) is 0 Å². The van der Waals surface area contributed by atoms with Gasteiger partial charge in [-0.2, -0.15) is 53.1 Å². The van der Waals surface area contributed by atoms with Crippen molar-refractivity contribution in [2.45, 2.75) is 31.9 Å². The number of carbonyl (C=O) groups excluding carboxylic acids is 3. The van der Waals surface area contributed by atoms with E-state index in [4.69, 9.17) is 4.98 Å². The van der Waals surface area contributed by atoms with Crippen LogP contribution in [-0.2, 0) is 52.6 Å². The van der Waals surface area contributed by atoms with Crippen LogP contribution in [0.3, 0.4) is 0 Å². The number of hydrogen-bond donors (Lipinski definition) is 2. The Morgan fingerprint density at radius 2 is 0.824 bits per heavy atom. The molecule has 0 aliphatic rings. The number of aliphatic hydroxyl groups is 1. The molecule has 0 radical (unpaired) electrons. The Kier molecular flexibility index (Phi) is 20.7. The van der Waals surface area contributed by atoms with Gasteiger partial charge in [0, 0.05) is 17.5 Å². The summed E-state index contributed by atoms with van der Waals surface area (Å²) in [4.78, 5) is 34.6. The molecule has 0 saturated heterocycles. The SMILES string of the molecule is CC(Nc1c(-c2ccccc2)cc(-c2ccccc2)cc1-c1ccccc1)c1cccc(C(C)(O)Cc2ccccc2)n1.O=[C-]c1ccccc1.O=[C-]c1ccccc1.O=[C-]c1ccccc1.[Zr+2]. The first-order valence-electron chi connectivity index (χ1n) is 21.9. The van der Waals surface area contributed by atoms with Crippen LogP contribution in [0.5, 0.6) is 0 Å². The minimum Gasteiger partial charge on any atom is -0.383 e. The quantitative estimate of drug-likeness (QED) is 0.118. The van der Waals surface area contributed by atoms with Crippen LogP contribution in [0.2, 0.25) is 0 Å². The molecule has 2 atom stereocenters. The first-order valence-corrected chi connectivity index (χ1v) is 21.9. The van der Waals surface area contributed by atoms with E-state index in [9.17, 15) is 19.5 Å². The van der Waals surface area contributed by atoms with Gasteiger partial charge in [0.25, 0.3) is 0 Å². The summed E-state index contributed by atoms with van der Waals surface area (Å²) >= 11 is 0. The Hall–Kier alpha value is -7.44. The van der Waals surface area contributed by atoms with Gasteiger partial charge < -0.3 is 24.8 Å². The summed E-state index contributed by atoms with van der Waals surface area (Å²) in [6, 6.07) is 78.8. The van der Waals surface area contributed by atoms with Crippen molar-refractivity contribution in [1.82, 2.24) is 4.98 Å². The van der Waals surface area contributed by atoms with Crippen molar-refractivity contribution < 1.29 is 45.7 Å². The van der Waals surface area contributed by atoms with Gasteiger partial charge in [-0.15, -0.1) is 36.4 Å². The molecule has 2 N–H and O–H groups in total. The molecule has 8 aromatic carbocycles. The van der Waals surface area contributed by atoms with E-state index in [-0.39, 0.29) is 32.2 Å². The molecular weight excluding hydrogens is 916 g/mol. The minimum absolute atomic E-state index is 0. The van der Waals surface area contributed by atoms with Crippen LogP contribution in [0.25, 0.3) is 33.4 Å². The Morgan fingerprint density at radius 1 is 0.471 bits per heavy atom. The number of benzene rings is 8. The molecule has 9 aromatic rings. The van der Waals surface area contributed by atoms with Gasteiger partial charge >= 0.3 is 26.2 Å². The van der Waals surface area contributed by atoms with E-state index in [0.717, 1.165) is 44.8 Å². The molecule has 0 aliphatic heterocycles. The van der Waals surface area contributed by atoms with Crippen molar-refractivity contribution in [1.29, 1.82) is 0 Å². The largest absolute Gasteiger partial charge is 2.00 e. The van der Waals surface area contributed by atoms with Gasteiger partial charge in [0.2, 0.25) is 0 Å². The summed E-state index contributed by atoms with van der Waals surface area (Å²) in [5.41, 5.74) is 11.2. The van der Waals surface area contributed by atoms with Crippen LogP contribution < -0.4 is 5.32 Å². The van der Waals surface area contributed by atoms with E-state index in [0.29, 0.717) is 28.8 Å². The normalized spacial score (nSPS) is 11.3. The third-order valence-corrected chi connectivity index (χ3v) is 10.6. The summed E-state index contributed by atoms with van der Waals surface area (Å²) in [6.07, 6.45) is 5.82. The molecule has 0 aliphatic carbocycles. The molecule has 68 heavy (non-hydrogen) atoms.